The van der Waals surface area contributed by atoms with Gasteiger partial charge in [-0.3, -0.25) is 4.79 Å². The summed E-state index contributed by atoms with van der Waals surface area (Å²) in [5.74, 6) is -1.66. The number of carboxylic acids is 1. The minimum Gasteiger partial charge on any atom is -0.480 e. The number of ether oxygens (including phenoxy) is 1. The normalized spacial score (nSPS) is 22.7. The first-order valence-corrected chi connectivity index (χ1v) is 6.46. The van der Waals surface area contributed by atoms with Crippen LogP contribution in [0.3, 0.4) is 0 Å². The Morgan fingerprint density at radius 2 is 1.95 bits per heavy atom. The summed E-state index contributed by atoms with van der Waals surface area (Å²) in [6.45, 7) is -0.244. The first kappa shape index (κ1) is 16.3. The molecule has 8 heteroatoms. The van der Waals surface area contributed by atoms with E-state index in [1.807, 2.05) is 0 Å². The molecule has 2 rings (SSSR count). The lowest BCUT2D eigenvalue weighted by atomic mass is 9.98. The van der Waals surface area contributed by atoms with Gasteiger partial charge in [0, 0.05) is 13.5 Å². The summed E-state index contributed by atoms with van der Waals surface area (Å²) in [5, 5.41) is 9.20. The highest BCUT2D eigenvalue weighted by molar-refractivity contribution is 5.85. The number of rotatable bonds is 3. The van der Waals surface area contributed by atoms with E-state index in [9.17, 15) is 27.9 Å². The summed E-state index contributed by atoms with van der Waals surface area (Å²) in [7, 11) is 1.36. The van der Waals surface area contributed by atoms with E-state index < -0.39 is 35.8 Å². The Bertz CT molecular complexity index is 570. The Morgan fingerprint density at radius 3 is 2.45 bits per heavy atom. The summed E-state index contributed by atoms with van der Waals surface area (Å²) in [4.78, 5) is 23.8. The Balaban J connectivity index is 2.15. The SMILES string of the molecule is CN1C(=O)COC(Cc2ccc(C(F)(F)F)cc2)C1C(=O)O. The molecule has 1 heterocycles. The van der Waals surface area contributed by atoms with Gasteiger partial charge in [-0.15, -0.1) is 0 Å². The molecular formula is C14H14F3NO4. The predicted octanol–water partition coefficient (Wildman–Crippen LogP) is 1.56. The van der Waals surface area contributed by atoms with Crippen LogP contribution in [0.2, 0.25) is 0 Å². The molecule has 5 nitrogen and oxygen atoms in total. The van der Waals surface area contributed by atoms with Gasteiger partial charge in [0.2, 0.25) is 5.91 Å². The van der Waals surface area contributed by atoms with Crippen molar-refractivity contribution in [2.24, 2.45) is 0 Å². The average Bonchev–Trinajstić information content (AvgIpc) is 2.42. The summed E-state index contributed by atoms with van der Waals surface area (Å²) in [6, 6.07) is 3.26. The van der Waals surface area contributed by atoms with Crippen LogP contribution >= 0.6 is 0 Å². The van der Waals surface area contributed by atoms with Crippen molar-refractivity contribution in [3.05, 3.63) is 35.4 Å². The van der Waals surface area contributed by atoms with Crippen LogP contribution in [0.1, 0.15) is 11.1 Å². The lowest BCUT2D eigenvalue weighted by Gasteiger charge is -2.36. The topological polar surface area (TPSA) is 66.8 Å². The van der Waals surface area contributed by atoms with Gasteiger partial charge in [-0.2, -0.15) is 13.2 Å². The molecule has 0 aliphatic carbocycles. The van der Waals surface area contributed by atoms with Crippen LogP contribution in [-0.2, 0) is 26.9 Å². The summed E-state index contributed by atoms with van der Waals surface area (Å²) in [6.07, 6.45) is -5.13. The Hall–Kier alpha value is -2.09. The van der Waals surface area contributed by atoms with Crippen molar-refractivity contribution in [2.75, 3.05) is 13.7 Å². The fraction of sp³-hybridized carbons (Fsp3) is 0.429. The molecule has 1 amide bonds. The third-order valence-electron chi connectivity index (χ3n) is 3.55. The number of hydrogen-bond acceptors (Lipinski definition) is 3. The lowest BCUT2D eigenvalue weighted by molar-refractivity contribution is -0.169. The lowest BCUT2D eigenvalue weighted by Crippen LogP contribution is -2.57. The molecule has 0 spiro atoms. The third-order valence-corrected chi connectivity index (χ3v) is 3.55. The van der Waals surface area contributed by atoms with Crippen molar-refractivity contribution in [1.82, 2.24) is 4.90 Å². The van der Waals surface area contributed by atoms with Gasteiger partial charge in [0.25, 0.3) is 0 Å². The second kappa shape index (κ2) is 5.96. The predicted molar refractivity (Wildman–Crippen MR) is 69.1 cm³/mol. The zero-order valence-corrected chi connectivity index (χ0v) is 11.6. The molecule has 0 bridgehead atoms. The average molecular weight is 317 g/mol. The highest BCUT2D eigenvalue weighted by Crippen LogP contribution is 2.29. The molecule has 1 aliphatic heterocycles. The first-order chi connectivity index (χ1) is 10.2. The Morgan fingerprint density at radius 1 is 1.36 bits per heavy atom. The van der Waals surface area contributed by atoms with E-state index in [-0.39, 0.29) is 13.0 Å². The highest BCUT2D eigenvalue weighted by Gasteiger charge is 2.39. The molecule has 1 aromatic carbocycles. The van der Waals surface area contributed by atoms with Gasteiger partial charge in [0.1, 0.15) is 6.61 Å². The van der Waals surface area contributed by atoms with Crippen LogP contribution in [0.25, 0.3) is 0 Å². The van der Waals surface area contributed by atoms with Crippen LogP contribution in [0.5, 0.6) is 0 Å². The van der Waals surface area contributed by atoms with Gasteiger partial charge in [0.15, 0.2) is 6.04 Å². The van der Waals surface area contributed by atoms with Crippen molar-refractivity contribution >= 4 is 11.9 Å². The maximum Gasteiger partial charge on any atom is 0.416 e. The molecule has 1 saturated heterocycles. The zero-order chi connectivity index (χ0) is 16.5. The van der Waals surface area contributed by atoms with Crippen molar-refractivity contribution in [1.29, 1.82) is 0 Å². The molecular weight excluding hydrogens is 303 g/mol. The number of amides is 1. The number of carbonyl (C=O) groups is 2. The third kappa shape index (κ3) is 3.38. The minimum absolute atomic E-state index is 0.104. The van der Waals surface area contributed by atoms with Gasteiger partial charge < -0.3 is 14.7 Å². The number of morpholine rings is 1. The van der Waals surface area contributed by atoms with Crippen LogP contribution in [0.15, 0.2) is 24.3 Å². The molecule has 22 heavy (non-hydrogen) atoms. The van der Waals surface area contributed by atoms with E-state index in [0.29, 0.717) is 5.56 Å². The molecule has 1 aromatic rings. The molecule has 2 unspecified atom stereocenters. The number of halogens is 3. The monoisotopic (exact) mass is 317 g/mol. The van der Waals surface area contributed by atoms with Crippen LogP contribution < -0.4 is 0 Å². The second-order valence-electron chi connectivity index (χ2n) is 5.04. The molecule has 1 N–H and O–H groups in total. The van der Waals surface area contributed by atoms with E-state index in [2.05, 4.69) is 0 Å². The van der Waals surface area contributed by atoms with E-state index in [1.165, 1.54) is 19.2 Å². The van der Waals surface area contributed by atoms with Gasteiger partial charge in [0.05, 0.1) is 11.7 Å². The Labute approximate surface area is 124 Å². The van der Waals surface area contributed by atoms with Crippen LogP contribution in [0, 0.1) is 0 Å². The largest absolute Gasteiger partial charge is 0.480 e. The second-order valence-corrected chi connectivity index (χ2v) is 5.04. The number of nitrogens with zero attached hydrogens (tertiary/aromatic N) is 1. The standard InChI is InChI=1S/C14H14F3NO4/c1-18-11(19)7-22-10(12(18)13(20)21)6-8-2-4-9(5-3-8)14(15,16)17/h2-5,10,12H,6-7H2,1H3,(H,20,21). The number of benzene rings is 1. The summed E-state index contributed by atoms with van der Waals surface area (Å²) >= 11 is 0. The number of carbonyl (C=O) groups excluding carboxylic acids is 1. The Kier molecular flexibility index (Phi) is 4.41. The van der Waals surface area contributed by atoms with Gasteiger partial charge >= 0.3 is 12.1 Å². The van der Waals surface area contributed by atoms with Gasteiger partial charge in [-0.25, -0.2) is 4.79 Å². The van der Waals surface area contributed by atoms with Crippen molar-refractivity contribution in [2.45, 2.75) is 24.7 Å². The maximum atomic E-state index is 12.5. The van der Waals surface area contributed by atoms with Crippen LogP contribution in [0.4, 0.5) is 13.2 Å². The van der Waals surface area contributed by atoms with Gasteiger partial charge in [-0.1, -0.05) is 12.1 Å². The fourth-order valence-electron chi connectivity index (χ4n) is 2.33. The smallest absolute Gasteiger partial charge is 0.416 e. The number of alkyl halides is 3. The van der Waals surface area contributed by atoms with E-state index in [4.69, 9.17) is 4.74 Å². The zero-order valence-electron chi connectivity index (χ0n) is 11.6. The number of carboxylic acid groups (broad SMARTS) is 1. The minimum atomic E-state index is -4.42. The van der Waals surface area contributed by atoms with Crippen molar-refractivity contribution in [3.8, 4) is 0 Å². The molecule has 0 aromatic heterocycles. The highest BCUT2D eigenvalue weighted by atomic mass is 19.4. The van der Waals surface area contributed by atoms with Crippen molar-refractivity contribution < 1.29 is 32.6 Å². The molecule has 1 aliphatic rings. The van der Waals surface area contributed by atoms with E-state index in [1.54, 1.807) is 0 Å². The van der Waals surface area contributed by atoms with Gasteiger partial charge in [-0.05, 0) is 17.7 Å². The first-order valence-electron chi connectivity index (χ1n) is 6.46. The van der Waals surface area contributed by atoms with E-state index in [0.717, 1.165) is 17.0 Å². The summed E-state index contributed by atoms with van der Waals surface area (Å²) in [5.41, 5.74) is -0.269. The number of likely N-dealkylation sites (N-methyl/N-ethyl adjacent to an activating group) is 1. The molecule has 120 valence electrons. The molecule has 0 radical (unpaired) electrons. The van der Waals surface area contributed by atoms with Crippen molar-refractivity contribution in [3.63, 3.8) is 0 Å². The molecule has 1 fully saturated rings. The fourth-order valence-corrected chi connectivity index (χ4v) is 2.33. The van der Waals surface area contributed by atoms with Crippen LogP contribution in [-0.4, -0.2) is 47.7 Å². The maximum absolute atomic E-state index is 12.5. The van der Waals surface area contributed by atoms with E-state index >= 15 is 0 Å². The number of hydrogen-bond donors (Lipinski definition) is 1. The quantitative estimate of drug-likeness (QED) is 0.919. The number of aliphatic carboxylic acids is 1. The summed E-state index contributed by atoms with van der Waals surface area (Å²) < 4.78 is 42.7. The molecule has 0 saturated carbocycles. The molecule has 2 atom stereocenters.